The molecule has 2 atom stereocenters. The molecule has 3 nitrogen and oxygen atoms in total. The zero-order valence-corrected chi connectivity index (χ0v) is 13.3. The summed E-state index contributed by atoms with van der Waals surface area (Å²) < 4.78 is 0. The zero-order chi connectivity index (χ0) is 14.4. The van der Waals surface area contributed by atoms with Crippen molar-refractivity contribution in [3.63, 3.8) is 0 Å². The van der Waals surface area contributed by atoms with E-state index < -0.39 is 0 Å². The van der Waals surface area contributed by atoms with E-state index in [4.69, 9.17) is 11.6 Å². The van der Waals surface area contributed by atoms with Gasteiger partial charge in [0, 0.05) is 29.2 Å². The summed E-state index contributed by atoms with van der Waals surface area (Å²) in [5.74, 6) is 0.884. The first-order valence-corrected chi connectivity index (χ1v) is 8.43. The smallest absolute Gasteiger partial charge is 0.221 e. The molecule has 1 saturated heterocycles. The van der Waals surface area contributed by atoms with E-state index in [1.165, 1.54) is 0 Å². The summed E-state index contributed by atoms with van der Waals surface area (Å²) in [7, 11) is 0. The lowest BCUT2D eigenvalue weighted by atomic mass is 10.00. The molecular formula is C15H21ClN2OS. The Balaban J connectivity index is 1.71. The van der Waals surface area contributed by atoms with Gasteiger partial charge in [-0.3, -0.25) is 4.79 Å². The van der Waals surface area contributed by atoms with E-state index in [1.807, 2.05) is 24.3 Å². The Morgan fingerprint density at radius 2 is 2.30 bits per heavy atom. The minimum absolute atomic E-state index is 0.130. The predicted molar refractivity (Wildman–Crippen MR) is 85.4 cm³/mol. The molecule has 1 aromatic rings. The Kier molecular flexibility index (Phi) is 6.20. The maximum atomic E-state index is 11.9. The highest BCUT2D eigenvalue weighted by molar-refractivity contribution is 7.99. The second-order valence-electron chi connectivity index (χ2n) is 5.09. The molecule has 0 radical (unpaired) electrons. The highest BCUT2D eigenvalue weighted by Crippen LogP contribution is 2.26. The number of rotatable bonds is 5. The molecule has 1 fully saturated rings. The zero-order valence-electron chi connectivity index (χ0n) is 11.7. The summed E-state index contributed by atoms with van der Waals surface area (Å²) in [6, 6.07) is 8.36. The van der Waals surface area contributed by atoms with Gasteiger partial charge in [-0.15, -0.1) is 11.8 Å². The number of nitrogens with one attached hydrogen (secondary N) is 2. The molecule has 0 bridgehead atoms. The highest BCUT2D eigenvalue weighted by atomic mass is 35.5. The van der Waals surface area contributed by atoms with Gasteiger partial charge in [-0.2, -0.15) is 0 Å². The molecule has 1 aliphatic heterocycles. The summed E-state index contributed by atoms with van der Waals surface area (Å²) in [6.07, 6.45) is 2.72. The monoisotopic (exact) mass is 312 g/mol. The van der Waals surface area contributed by atoms with Crippen LogP contribution in [-0.4, -0.2) is 30.3 Å². The van der Waals surface area contributed by atoms with Crippen LogP contribution in [0.25, 0.3) is 0 Å². The highest BCUT2D eigenvalue weighted by Gasteiger charge is 2.21. The molecule has 2 rings (SSSR count). The molecule has 1 amide bonds. The fraction of sp³-hybridized carbons (Fsp3) is 0.533. The molecule has 0 saturated carbocycles. The number of thioether (sulfide) groups is 1. The van der Waals surface area contributed by atoms with Gasteiger partial charge in [0.05, 0.1) is 5.02 Å². The number of halogens is 1. The van der Waals surface area contributed by atoms with Crippen LogP contribution < -0.4 is 10.6 Å². The summed E-state index contributed by atoms with van der Waals surface area (Å²) in [4.78, 5) is 13.0. The van der Waals surface area contributed by atoms with Crippen LogP contribution in [0.2, 0.25) is 5.02 Å². The fourth-order valence-corrected chi connectivity index (χ4v) is 3.52. The molecule has 0 aliphatic carbocycles. The van der Waals surface area contributed by atoms with Crippen LogP contribution in [-0.2, 0) is 4.79 Å². The van der Waals surface area contributed by atoms with Gasteiger partial charge in [-0.25, -0.2) is 0 Å². The van der Waals surface area contributed by atoms with Crippen LogP contribution in [0.5, 0.6) is 0 Å². The van der Waals surface area contributed by atoms with Crippen molar-refractivity contribution in [3.05, 3.63) is 29.3 Å². The number of benzene rings is 1. The Labute approximate surface area is 129 Å². The normalized spacial score (nSPS) is 22.5. The van der Waals surface area contributed by atoms with E-state index >= 15 is 0 Å². The van der Waals surface area contributed by atoms with Gasteiger partial charge in [0.1, 0.15) is 0 Å². The number of hydrogen-bond donors (Lipinski definition) is 2. The fourth-order valence-electron chi connectivity index (χ4n) is 2.34. The van der Waals surface area contributed by atoms with E-state index in [0.717, 1.165) is 35.1 Å². The quantitative estimate of drug-likeness (QED) is 0.821. The second-order valence-corrected chi connectivity index (χ2v) is 6.63. The average molecular weight is 313 g/mol. The van der Waals surface area contributed by atoms with Crippen molar-refractivity contribution >= 4 is 29.3 Å². The summed E-state index contributed by atoms with van der Waals surface area (Å²) in [5, 5.41) is 7.26. The molecule has 0 aromatic heterocycles. The topological polar surface area (TPSA) is 41.1 Å². The third-order valence-corrected chi connectivity index (χ3v) is 5.05. The van der Waals surface area contributed by atoms with Crippen molar-refractivity contribution in [1.82, 2.24) is 10.6 Å². The Morgan fingerprint density at radius 1 is 1.50 bits per heavy atom. The molecule has 0 spiro atoms. The predicted octanol–water partition coefficient (Wildman–Crippen LogP) is 3.08. The molecule has 1 aliphatic rings. The largest absolute Gasteiger partial charge is 0.352 e. The molecule has 110 valence electrons. The summed E-state index contributed by atoms with van der Waals surface area (Å²) in [6.45, 7) is 3.18. The molecule has 1 heterocycles. The maximum Gasteiger partial charge on any atom is 0.221 e. The van der Waals surface area contributed by atoms with Crippen molar-refractivity contribution in [2.75, 3.05) is 12.3 Å². The Bertz CT molecular complexity index is 455. The van der Waals surface area contributed by atoms with Crippen LogP contribution in [0.3, 0.4) is 0 Å². The number of hydrogen-bond acceptors (Lipinski definition) is 3. The van der Waals surface area contributed by atoms with Gasteiger partial charge in [-0.05, 0) is 38.4 Å². The first-order valence-electron chi connectivity index (χ1n) is 7.07. The maximum absolute atomic E-state index is 11.9. The average Bonchev–Trinajstić information content (AvgIpc) is 2.43. The lowest BCUT2D eigenvalue weighted by Crippen LogP contribution is -2.51. The molecule has 1 aromatic carbocycles. The van der Waals surface area contributed by atoms with E-state index in [-0.39, 0.29) is 11.9 Å². The van der Waals surface area contributed by atoms with Gasteiger partial charge in [0.15, 0.2) is 0 Å². The number of carbonyl (C=O) groups is 1. The lowest BCUT2D eigenvalue weighted by molar-refractivity contribution is -0.121. The van der Waals surface area contributed by atoms with Crippen LogP contribution in [0.15, 0.2) is 29.2 Å². The summed E-state index contributed by atoms with van der Waals surface area (Å²) in [5.41, 5.74) is 0. The van der Waals surface area contributed by atoms with Crippen molar-refractivity contribution < 1.29 is 4.79 Å². The molecule has 5 heteroatoms. The van der Waals surface area contributed by atoms with Gasteiger partial charge in [0.2, 0.25) is 5.91 Å². The molecular weight excluding hydrogens is 292 g/mol. The first kappa shape index (κ1) is 15.7. The third kappa shape index (κ3) is 4.69. The molecule has 20 heavy (non-hydrogen) atoms. The van der Waals surface area contributed by atoms with E-state index in [2.05, 4.69) is 17.6 Å². The van der Waals surface area contributed by atoms with E-state index in [0.29, 0.717) is 12.5 Å². The molecule has 2 N–H and O–H groups in total. The van der Waals surface area contributed by atoms with Gasteiger partial charge in [0.25, 0.3) is 0 Å². The Morgan fingerprint density at radius 3 is 3.05 bits per heavy atom. The Hall–Kier alpha value is -0.710. The van der Waals surface area contributed by atoms with Gasteiger partial charge >= 0.3 is 0 Å². The standard InChI is InChI=1S/C15H21ClN2OS/c1-11-13(6-4-9-17-11)18-15(19)8-10-20-14-7-3-2-5-12(14)16/h2-3,5,7,11,13,17H,4,6,8-10H2,1H3,(H,18,19). The SMILES string of the molecule is CC1NCCCC1NC(=O)CCSc1ccccc1Cl. The third-order valence-electron chi connectivity index (χ3n) is 3.53. The van der Waals surface area contributed by atoms with Crippen molar-refractivity contribution in [2.24, 2.45) is 0 Å². The first-order chi connectivity index (χ1) is 9.66. The van der Waals surface area contributed by atoms with Crippen LogP contribution in [0.4, 0.5) is 0 Å². The van der Waals surface area contributed by atoms with E-state index in [9.17, 15) is 4.79 Å². The van der Waals surface area contributed by atoms with Crippen molar-refractivity contribution in [1.29, 1.82) is 0 Å². The summed E-state index contributed by atoms with van der Waals surface area (Å²) >= 11 is 7.71. The van der Waals surface area contributed by atoms with Gasteiger partial charge < -0.3 is 10.6 Å². The van der Waals surface area contributed by atoms with Crippen LogP contribution >= 0.6 is 23.4 Å². The van der Waals surface area contributed by atoms with Crippen molar-refractivity contribution in [2.45, 2.75) is 43.2 Å². The van der Waals surface area contributed by atoms with Crippen molar-refractivity contribution in [3.8, 4) is 0 Å². The van der Waals surface area contributed by atoms with Crippen LogP contribution in [0, 0.1) is 0 Å². The van der Waals surface area contributed by atoms with Crippen LogP contribution in [0.1, 0.15) is 26.2 Å². The second kappa shape index (κ2) is 7.91. The minimum Gasteiger partial charge on any atom is -0.352 e. The van der Waals surface area contributed by atoms with Gasteiger partial charge in [-0.1, -0.05) is 23.7 Å². The number of piperidine rings is 1. The van der Waals surface area contributed by atoms with E-state index in [1.54, 1.807) is 11.8 Å². The molecule has 2 unspecified atom stereocenters. The number of amides is 1. The number of carbonyl (C=O) groups excluding carboxylic acids is 1. The lowest BCUT2D eigenvalue weighted by Gasteiger charge is -2.30. The minimum atomic E-state index is 0.130.